The van der Waals surface area contributed by atoms with Crippen LogP contribution in [0.15, 0.2) is 54.6 Å². The molecule has 2 aromatic carbocycles. The quantitative estimate of drug-likeness (QED) is 0.205. The average Bonchev–Trinajstić information content (AvgIpc) is 3.11. The van der Waals surface area contributed by atoms with Gasteiger partial charge in [-0.1, -0.05) is 0 Å². The first kappa shape index (κ1) is 27.1. The summed E-state index contributed by atoms with van der Waals surface area (Å²) in [4.78, 5) is 24.9. The van der Waals surface area contributed by atoms with E-state index in [9.17, 15) is 18.0 Å². The van der Waals surface area contributed by atoms with Crippen molar-refractivity contribution >= 4 is 42.3 Å². The second kappa shape index (κ2) is 9.72. The van der Waals surface area contributed by atoms with Gasteiger partial charge in [0.25, 0.3) is 0 Å². The summed E-state index contributed by atoms with van der Waals surface area (Å²) >= 11 is -2.92. The molecule has 2 aliphatic carbocycles. The predicted molar refractivity (Wildman–Crippen MR) is 145 cm³/mol. The van der Waals surface area contributed by atoms with E-state index in [0.29, 0.717) is 12.8 Å². The summed E-state index contributed by atoms with van der Waals surface area (Å²) in [6, 6.07) is 15.9. The zero-order valence-electron chi connectivity index (χ0n) is 21.2. The van der Waals surface area contributed by atoms with Crippen LogP contribution in [0.5, 0.6) is 5.75 Å². The van der Waals surface area contributed by atoms with Crippen LogP contribution < -0.4 is 4.74 Å². The summed E-state index contributed by atoms with van der Waals surface area (Å²) in [5.41, 5.74) is -1.94. The van der Waals surface area contributed by atoms with Gasteiger partial charge in [0.15, 0.2) is 0 Å². The zero-order valence-corrected chi connectivity index (χ0v) is 24.2. The Hall–Kier alpha value is -1.98. The molecule has 0 spiro atoms. The molecule has 0 radical (unpaired) electrons. The van der Waals surface area contributed by atoms with Crippen molar-refractivity contribution in [3.05, 3.63) is 61.7 Å². The molecule has 0 heterocycles. The van der Waals surface area contributed by atoms with Crippen molar-refractivity contribution in [1.29, 1.82) is 0 Å². The van der Waals surface area contributed by atoms with Crippen LogP contribution in [0, 0.1) is 23.9 Å². The minimum absolute atomic E-state index is 0.0413. The number of hydrogen-bond acceptors (Lipinski definition) is 7. The Morgan fingerprint density at radius 2 is 1.64 bits per heavy atom. The predicted octanol–water partition coefficient (Wildman–Crippen LogP) is 6.20. The molecule has 2 fully saturated rings. The normalized spacial score (nSPS) is 23.4. The third-order valence-electron chi connectivity index (χ3n) is 7.26. The van der Waals surface area contributed by atoms with Gasteiger partial charge in [-0.15, -0.1) is 0 Å². The minimum atomic E-state index is -4.01. The number of ketones is 1. The molecule has 2 aliphatic rings. The first-order chi connectivity index (χ1) is 16.7. The summed E-state index contributed by atoms with van der Waals surface area (Å²) < 4.78 is 44.9. The van der Waals surface area contributed by atoms with Crippen LogP contribution >= 0.6 is 20.2 Å². The van der Waals surface area contributed by atoms with E-state index < -0.39 is 47.5 Å². The van der Waals surface area contributed by atoms with Crippen LogP contribution in [-0.2, 0) is 22.2 Å². The average molecular weight is 629 g/mol. The first-order valence-electron chi connectivity index (χ1n) is 11.9. The molecule has 2 bridgehead atoms. The summed E-state index contributed by atoms with van der Waals surface area (Å²) in [6.45, 7) is 9.27. The second-order valence-corrected chi connectivity index (χ2v) is 17.5. The van der Waals surface area contributed by atoms with Gasteiger partial charge in [0, 0.05) is 0 Å². The van der Waals surface area contributed by atoms with Crippen LogP contribution in [-0.4, -0.2) is 31.7 Å². The maximum atomic E-state index is 13.5. The summed E-state index contributed by atoms with van der Waals surface area (Å²) in [6.07, 6.45) is 1.09. The molecule has 2 saturated carbocycles. The third kappa shape index (κ3) is 5.47. The van der Waals surface area contributed by atoms with Gasteiger partial charge in [-0.25, -0.2) is 0 Å². The van der Waals surface area contributed by atoms with Gasteiger partial charge in [-0.3, -0.25) is 0 Å². The fourth-order valence-electron chi connectivity index (χ4n) is 5.24. The fourth-order valence-corrected chi connectivity index (χ4v) is 13.0. The SMILES string of the molecule is CC(C)(C)OC(=O)Oc1ccc(I(OS(=O)(=O)CC23CCC(CC2=O)C3(C)C)c2ccccc2)cc1. The molecule has 2 aromatic rings. The van der Waals surface area contributed by atoms with Crippen LogP contribution in [0.2, 0.25) is 0 Å². The van der Waals surface area contributed by atoms with E-state index >= 15 is 0 Å². The van der Waals surface area contributed by atoms with E-state index in [0.717, 1.165) is 13.6 Å². The molecule has 7 nitrogen and oxygen atoms in total. The number of carbonyl (C=O) groups excluding carboxylic acids is 2. The van der Waals surface area contributed by atoms with E-state index in [-0.39, 0.29) is 28.6 Å². The van der Waals surface area contributed by atoms with Gasteiger partial charge in [0.1, 0.15) is 0 Å². The van der Waals surface area contributed by atoms with E-state index in [4.69, 9.17) is 12.0 Å². The molecule has 9 heteroatoms. The van der Waals surface area contributed by atoms with Crippen molar-refractivity contribution in [1.82, 2.24) is 0 Å². The van der Waals surface area contributed by atoms with Crippen molar-refractivity contribution in [2.24, 2.45) is 16.7 Å². The van der Waals surface area contributed by atoms with Gasteiger partial charge in [0.05, 0.1) is 0 Å². The topological polar surface area (TPSA) is 96.0 Å². The second-order valence-electron chi connectivity index (χ2n) is 11.0. The van der Waals surface area contributed by atoms with Crippen molar-refractivity contribution in [2.45, 2.75) is 59.5 Å². The Bertz CT molecular complexity index is 1230. The third-order valence-corrected chi connectivity index (χ3v) is 14.8. The molecular formula is C27H33IO7S. The number of fused-ring (bicyclic) bond motifs is 2. The molecule has 2 atom stereocenters. The van der Waals surface area contributed by atoms with E-state index in [1.54, 1.807) is 45.0 Å². The molecule has 2 unspecified atom stereocenters. The summed E-state index contributed by atoms with van der Waals surface area (Å²) in [5, 5.41) is 0. The molecule has 196 valence electrons. The standard InChI is InChI=1S/C27H33IO7S/c1-25(2,3)34-24(30)33-22-13-11-21(12-14-22)28(20-9-7-6-8-10-20)35-36(31,32)18-27-16-15-19(17-23(27)29)26(27,4)5/h6-14,19H,15-18H2,1-5H3. The maximum absolute atomic E-state index is 13.5. The summed E-state index contributed by atoms with van der Waals surface area (Å²) in [5.74, 6) is 0.262. The number of carbonyl (C=O) groups is 2. The fraction of sp³-hybridized carbons (Fsp3) is 0.481. The number of ether oxygens (including phenoxy) is 2. The Balaban J connectivity index is 1.58. The van der Waals surface area contributed by atoms with Crippen LogP contribution in [0.4, 0.5) is 4.79 Å². The van der Waals surface area contributed by atoms with Crippen molar-refractivity contribution < 1.29 is 30.0 Å². The first-order valence-corrected chi connectivity index (χ1v) is 16.6. The molecular weight excluding hydrogens is 595 g/mol. The molecule has 0 amide bonds. The van der Waals surface area contributed by atoms with E-state index in [2.05, 4.69) is 0 Å². The number of hydrogen-bond donors (Lipinski definition) is 0. The summed E-state index contributed by atoms with van der Waals surface area (Å²) in [7, 11) is -4.01. The Labute approximate surface area is 221 Å². The Morgan fingerprint density at radius 1 is 1.03 bits per heavy atom. The van der Waals surface area contributed by atoms with Crippen LogP contribution in [0.3, 0.4) is 0 Å². The Morgan fingerprint density at radius 3 is 2.17 bits per heavy atom. The number of rotatable bonds is 7. The van der Waals surface area contributed by atoms with E-state index in [1.807, 2.05) is 44.2 Å². The van der Waals surface area contributed by atoms with Gasteiger partial charge < -0.3 is 0 Å². The van der Waals surface area contributed by atoms with Crippen LogP contribution in [0.25, 0.3) is 0 Å². The zero-order chi connectivity index (χ0) is 26.4. The molecule has 36 heavy (non-hydrogen) atoms. The molecule has 0 saturated heterocycles. The monoisotopic (exact) mass is 628 g/mol. The molecule has 0 aromatic heterocycles. The molecule has 0 N–H and O–H groups in total. The van der Waals surface area contributed by atoms with Crippen molar-refractivity contribution in [2.75, 3.05) is 5.75 Å². The van der Waals surface area contributed by atoms with Gasteiger partial charge in [-0.2, -0.15) is 0 Å². The number of benzene rings is 2. The van der Waals surface area contributed by atoms with E-state index in [1.165, 1.54) is 0 Å². The van der Waals surface area contributed by atoms with Gasteiger partial charge in [0.2, 0.25) is 0 Å². The van der Waals surface area contributed by atoms with Gasteiger partial charge in [-0.05, 0) is 0 Å². The van der Waals surface area contributed by atoms with Crippen molar-refractivity contribution in [3.8, 4) is 5.75 Å². The Kier molecular flexibility index (Phi) is 7.31. The number of Topliss-reactive ketones (excluding diaryl/α,β-unsaturated/α-hetero) is 1. The van der Waals surface area contributed by atoms with Crippen molar-refractivity contribution in [3.63, 3.8) is 0 Å². The molecule has 4 rings (SSSR count). The van der Waals surface area contributed by atoms with Gasteiger partial charge >= 0.3 is 222 Å². The van der Waals surface area contributed by atoms with Crippen LogP contribution in [0.1, 0.15) is 53.9 Å². The molecule has 0 aliphatic heterocycles. The number of halogens is 1.